The highest BCUT2D eigenvalue weighted by atomic mass is 32.2. The van der Waals surface area contributed by atoms with E-state index in [-0.39, 0.29) is 17.6 Å². The van der Waals surface area contributed by atoms with Gasteiger partial charge in [-0.15, -0.1) is 0 Å². The van der Waals surface area contributed by atoms with E-state index < -0.39 is 0 Å². The van der Waals surface area contributed by atoms with Crippen LogP contribution < -0.4 is 0 Å². The van der Waals surface area contributed by atoms with Crippen LogP contribution in [0.4, 0.5) is 3.89 Å². The van der Waals surface area contributed by atoms with Crippen molar-refractivity contribution in [2.45, 2.75) is 91.9 Å². The Hall–Kier alpha value is -3.43. The van der Waals surface area contributed by atoms with Crippen LogP contribution in [0.2, 0.25) is 0 Å². The molecule has 0 unspecified atom stereocenters. The van der Waals surface area contributed by atoms with Crippen molar-refractivity contribution in [3.63, 3.8) is 0 Å². The number of rotatable bonds is 6. The smallest absolute Gasteiger partial charge is 0.0831 e. The van der Waals surface area contributed by atoms with Crippen LogP contribution in [-0.2, 0) is 18.3 Å². The minimum absolute atomic E-state index is 0.251. The van der Waals surface area contributed by atoms with E-state index in [0.717, 1.165) is 29.6 Å². The Bertz CT molecular complexity index is 1480. The zero-order chi connectivity index (χ0) is 32.7. The van der Waals surface area contributed by atoms with Crippen molar-refractivity contribution in [1.29, 1.82) is 0 Å². The van der Waals surface area contributed by atoms with Gasteiger partial charge < -0.3 is 0 Å². The van der Waals surface area contributed by atoms with Crippen LogP contribution in [0, 0.1) is 6.92 Å². The highest BCUT2D eigenvalue weighted by Gasteiger charge is 2.34. The molecule has 2 aliphatic rings. The van der Waals surface area contributed by atoms with Gasteiger partial charge in [-0.1, -0.05) is 142 Å². The van der Waals surface area contributed by atoms with E-state index in [9.17, 15) is 3.89 Å². The average Bonchev–Trinajstić information content (AvgIpc) is 3.14. The van der Waals surface area contributed by atoms with Crippen LogP contribution >= 0.6 is 12.1 Å². The molecule has 0 amide bonds. The Morgan fingerprint density at radius 2 is 1.44 bits per heavy atom. The van der Waals surface area contributed by atoms with Crippen LogP contribution in [0.3, 0.4) is 0 Å². The molecule has 0 saturated heterocycles. The summed E-state index contributed by atoms with van der Waals surface area (Å²) in [6, 6.07) is 27.9. The summed E-state index contributed by atoms with van der Waals surface area (Å²) in [4.78, 5) is 4.85. The first-order chi connectivity index (χ1) is 21.7. The van der Waals surface area contributed by atoms with Gasteiger partial charge in [-0.05, 0) is 92.3 Å². The lowest BCUT2D eigenvalue weighted by Gasteiger charge is -2.38. The van der Waals surface area contributed by atoms with Gasteiger partial charge in [0.1, 0.15) is 0 Å². The van der Waals surface area contributed by atoms with Crippen molar-refractivity contribution in [1.82, 2.24) is 0 Å². The maximum absolute atomic E-state index is 13.0. The topological polar surface area (TPSA) is 12.4 Å². The number of aliphatic imine (C=N–C) groups is 1. The molecule has 0 spiro atoms. The van der Waals surface area contributed by atoms with Crippen molar-refractivity contribution >= 4 is 23.9 Å². The van der Waals surface area contributed by atoms with Crippen molar-refractivity contribution in [2.24, 2.45) is 4.99 Å². The monoisotopic (exact) mass is 621 g/mol. The standard InChI is InChI=1S/C17H18FNS.C15H20.C10H14/c1-12-8-15(16-7-5-4-6-13(16)2)9-14(3)17(20-18)11-19-10-12;1-13(2)15(11-7-4-8-12-15)14-9-5-3-6-10-14;1-3-9-6-5-7-10(4-2)8-9/h4-9,11H,10H2,1-3H3;3,5-6,9-10H,1,4,7-8,11-12H2,2H3;5-8H,3-4H2,1-2H3/b12-8-,15-9+,17-14-,19-11?;;. The minimum atomic E-state index is 0.251. The van der Waals surface area contributed by atoms with Gasteiger partial charge >= 0.3 is 0 Å². The van der Waals surface area contributed by atoms with Crippen LogP contribution in [0.5, 0.6) is 0 Å². The largest absolute Gasteiger partial charge is 0.288 e. The maximum atomic E-state index is 13.0. The second-order valence-corrected chi connectivity index (χ2v) is 12.9. The van der Waals surface area contributed by atoms with Crippen molar-refractivity contribution in [3.8, 4) is 0 Å². The number of hydrogen-bond acceptors (Lipinski definition) is 2. The van der Waals surface area contributed by atoms with Crippen molar-refractivity contribution in [3.05, 3.63) is 147 Å². The quantitative estimate of drug-likeness (QED) is 0.249. The van der Waals surface area contributed by atoms with E-state index in [4.69, 9.17) is 0 Å². The molecule has 5 rings (SSSR count). The summed E-state index contributed by atoms with van der Waals surface area (Å²) in [5, 5.41) is 0. The molecule has 1 saturated carbocycles. The molecule has 45 heavy (non-hydrogen) atoms. The Morgan fingerprint density at radius 1 is 0.822 bits per heavy atom. The zero-order valence-electron chi connectivity index (χ0n) is 28.3. The third kappa shape index (κ3) is 10.6. The summed E-state index contributed by atoms with van der Waals surface area (Å²) in [6.07, 6.45) is 14.7. The molecule has 0 N–H and O–H groups in total. The Balaban J connectivity index is 0.000000195. The Morgan fingerprint density at radius 3 is 2.02 bits per heavy atom. The Kier molecular flexibility index (Phi) is 14.8. The number of halogens is 1. The summed E-state index contributed by atoms with van der Waals surface area (Å²) in [7, 11) is 0. The summed E-state index contributed by atoms with van der Waals surface area (Å²) in [5.41, 5.74) is 11.5. The molecule has 0 aromatic heterocycles. The van der Waals surface area contributed by atoms with Gasteiger partial charge in [-0.2, -0.15) is 3.89 Å². The molecule has 0 atom stereocenters. The van der Waals surface area contributed by atoms with Crippen LogP contribution in [0.15, 0.2) is 124 Å². The van der Waals surface area contributed by atoms with E-state index in [1.165, 1.54) is 65.5 Å². The van der Waals surface area contributed by atoms with Crippen LogP contribution in [-0.4, -0.2) is 12.8 Å². The number of allylic oxidation sites excluding steroid dienone is 6. The fraction of sp³-hybridized carbons (Fsp3) is 0.357. The number of hydrogen-bond donors (Lipinski definition) is 0. The fourth-order valence-electron chi connectivity index (χ4n) is 6.11. The van der Waals surface area contributed by atoms with E-state index in [1.807, 2.05) is 32.1 Å². The molecular weight excluding hydrogens is 570 g/mol. The summed E-state index contributed by atoms with van der Waals surface area (Å²) >= 11 is 0.251. The predicted molar refractivity (Wildman–Crippen MR) is 199 cm³/mol. The lowest BCUT2D eigenvalue weighted by molar-refractivity contribution is 0.340. The van der Waals surface area contributed by atoms with Crippen LogP contribution in [0.1, 0.15) is 94.5 Å². The highest BCUT2D eigenvalue weighted by molar-refractivity contribution is 7.99. The normalized spacial score (nSPS) is 19.9. The lowest BCUT2D eigenvalue weighted by atomic mass is 9.66. The molecule has 1 fully saturated rings. The van der Waals surface area contributed by atoms with E-state index >= 15 is 0 Å². The van der Waals surface area contributed by atoms with Gasteiger partial charge in [0.25, 0.3) is 0 Å². The molecule has 3 heteroatoms. The molecule has 238 valence electrons. The third-order valence-electron chi connectivity index (χ3n) is 8.91. The zero-order valence-corrected chi connectivity index (χ0v) is 29.2. The van der Waals surface area contributed by atoms with Gasteiger partial charge in [0.2, 0.25) is 0 Å². The maximum Gasteiger partial charge on any atom is 0.0831 e. The highest BCUT2D eigenvalue weighted by Crippen LogP contribution is 2.44. The van der Waals surface area contributed by atoms with E-state index in [1.54, 1.807) is 6.21 Å². The van der Waals surface area contributed by atoms with Crippen LogP contribution in [0.25, 0.3) is 5.57 Å². The fourth-order valence-corrected chi connectivity index (χ4v) is 6.40. The molecule has 1 nitrogen and oxygen atoms in total. The summed E-state index contributed by atoms with van der Waals surface area (Å²) in [5.74, 6) is 0. The van der Waals surface area contributed by atoms with Gasteiger partial charge in [0, 0.05) is 11.6 Å². The second kappa shape index (κ2) is 18.5. The molecule has 1 heterocycles. The summed E-state index contributed by atoms with van der Waals surface area (Å²) in [6.45, 7) is 17.5. The number of nitrogens with zero attached hydrogens (tertiary/aromatic N) is 1. The average molecular weight is 622 g/mol. The lowest BCUT2D eigenvalue weighted by Crippen LogP contribution is -2.29. The van der Waals surface area contributed by atoms with E-state index in [0.29, 0.717) is 11.4 Å². The van der Waals surface area contributed by atoms with Gasteiger partial charge in [-0.3, -0.25) is 4.99 Å². The summed E-state index contributed by atoms with van der Waals surface area (Å²) < 4.78 is 13.0. The third-order valence-corrected chi connectivity index (χ3v) is 9.50. The molecule has 3 aromatic rings. The van der Waals surface area contributed by atoms with Gasteiger partial charge in [0.15, 0.2) is 0 Å². The minimum Gasteiger partial charge on any atom is -0.288 e. The molecule has 1 aliphatic carbocycles. The van der Waals surface area contributed by atoms with Crippen molar-refractivity contribution < 1.29 is 3.89 Å². The predicted octanol–water partition coefficient (Wildman–Crippen LogP) is 12.6. The number of benzene rings is 3. The molecule has 0 bridgehead atoms. The van der Waals surface area contributed by atoms with Gasteiger partial charge in [-0.25, -0.2) is 0 Å². The second-order valence-electron chi connectivity index (χ2n) is 12.3. The molecule has 0 radical (unpaired) electrons. The van der Waals surface area contributed by atoms with E-state index in [2.05, 4.69) is 112 Å². The molecular formula is C42H52FNS. The van der Waals surface area contributed by atoms with Gasteiger partial charge in [0.05, 0.1) is 23.6 Å². The molecule has 3 aromatic carbocycles. The first-order valence-electron chi connectivity index (χ1n) is 16.5. The SMILES string of the molecule is C/C1=C/C(c2ccccc2C)=C\C(C)=C(/SF)C=NC1.C=C(C)C1(c2ccccc2)CCCCC1.CCc1cccc(CC)c1. The first-order valence-corrected chi connectivity index (χ1v) is 17.2. The Labute approximate surface area is 277 Å². The number of aryl methyl sites for hydroxylation is 3. The van der Waals surface area contributed by atoms with Crippen molar-refractivity contribution in [2.75, 3.05) is 6.54 Å². The molecule has 1 aliphatic heterocycles. The first kappa shape index (κ1) is 36.0.